The van der Waals surface area contributed by atoms with E-state index in [1.165, 1.54) is 24.9 Å². The summed E-state index contributed by atoms with van der Waals surface area (Å²) in [5.74, 6) is 0.0841. The summed E-state index contributed by atoms with van der Waals surface area (Å²) in [6, 6.07) is 16.7. The van der Waals surface area contributed by atoms with Crippen molar-refractivity contribution in [3.05, 3.63) is 66.5 Å². The highest BCUT2D eigenvalue weighted by molar-refractivity contribution is 5.99. The molecule has 0 saturated carbocycles. The Morgan fingerprint density at radius 2 is 1.62 bits per heavy atom. The van der Waals surface area contributed by atoms with Gasteiger partial charge in [0, 0.05) is 36.2 Å². The first kappa shape index (κ1) is 20.8. The van der Waals surface area contributed by atoms with E-state index in [0.29, 0.717) is 0 Å². The third-order valence-electron chi connectivity index (χ3n) is 7.01. The molecule has 2 aliphatic rings. The van der Waals surface area contributed by atoms with E-state index in [1.807, 2.05) is 24.5 Å². The van der Waals surface area contributed by atoms with Gasteiger partial charge in [0.15, 0.2) is 0 Å². The smallest absolute Gasteiger partial charge is 0.235 e. The van der Waals surface area contributed by atoms with Crippen molar-refractivity contribution in [1.82, 2.24) is 15.5 Å². The van der Waals surface area contributed by atoms with Gasteiger partial charge in [0.2, 0.25) is 5.91 Å². The molecular weight excluding hydrogens is 398 g/mol. The number of anilines is 2. The van der Waals surface area contributed by atoms with Gasteiger partial charge in [-0.1, -0.05) is 24.3 Å². The first-order chi connectivity index (χ1) is 15.7. The molecule has 0 spiro atoms. The number of H-pyrrole nitrogens is 1. The summed E-state index contributed by atoms with van der Waals surface area (Å²) >= 11 is 0. The number of nitrogens with zero attached hydrogens (tertiary/aromatic N) is 2. The molecule has 166 valence electrons. The average Bonchev–Trinajstić information content (AvgIpc) is 3.41. The Balaban J connectivity index is 1.35. The molecule has 1 aromatic heterocycles. The van der Waals surface area contributed by atoms with Crippen LogP contribution in [0, 0.1) is 0 Å². The van der Waals surface area contributed by atoms with Crippen LogP contribution >= 0.6 is 0 Å². The zero-order valence-electron chi connectivity index (χ0n) is 18.4. The summed E-state index contributed by atoms with van der Waals surface area (Å²) in [5, 5.41) is 13.5. The Labute approximate surface area is 189 Å². The van der Waals surface area contributed by atoms with E-state index in [4.69, 9.17) is 0 Å². The molecule has 0 atom stereocenters. The molecule has 2 aliphatic heterocycles. The minimum absolute atomic E-state index is 0.0841. The first-order valence-corrected chi connectivity index (χ1v) is 11.7. The van der Waals surface area contributed by atoms with Crippen LogP contribution in [-0.2, 0) is 10.2 Å². The van der Waals surface area contributed by atoms with E-state index < -0.39 is 5.41 Å². The van der Waals surface area contributed by atoms with Crippen LogP contribution in [0.3, 0.4) is 0 Å². The number of aromatic nitrogens is 2. The van der Waals surface area contributed by atoms with Gasteiger partial charge in [0.25, 0.3) is 0 Å². The molecule has 6 nitrogen and oxygen atoms in total. The van der Waals surface area contributed by atoms with E-state index in [1.54, 1.807) is 0 Å². The van der Waals surface area contributed by atoms with Gasteiger partial charge in [-0.15, -0.1) is 0 Å². The maximum atomic E-state index is 13.6. The summed E-state index contributed by atoms with van der Waals surface area (Å²) in [5.41, 5.74) is 4.81. The van der Waals surface area contributed by atoms with Crippen LogP contribution in [0.1, 0.15) is 37.7 Å². The Kier molecular flexibility index (Phi) is 5.95. The Hall–Kier alpha value is -3.12. The lowest BCUT2D eigenvalue weighted by Crippen LogP contribution is -2.48. The van der Waals surface area contributed by atoms with E-state index >= 15 is 0 Å². The maximum Gasteiger partial charge on any atom is 0.235 e. The quantitative estimate of drug-likeness (QED) is 0.565. The number of aromatic amines is 1. The molecule has 2 aromatic carbocycles. The molecule has 0 radical (unpaired) electrons. The lowest BCUT2D eigenvalue weighted by molar-refractivity contribution is -0.122. The fourth-order valence-corrected chi connectivity index (χ4v) is 5.05. The summed E-state index contributed by atoms with van der Waals surface area (Å²) < 4.78 is 0. The molecule has 5 rings (SSSR count). The van der Waals surface area contributed by atoms with E-state index in [0.717, 1.165) is 61.4 Å². The van der Waals surface area contributed by atoms with Gasteiger partial charge in [-0.05, 0) is 80.6 Å². The highest BCUT2D eigenvalue weighted by Gasteiger charge is 2.41. The van der Waals surface area contributed by atoms with Crippen molar-refractivity contribution in [2.24, 2.45) is 0 Å². The van der Waals surface area contributed by atoms with Crippen molar-refractivity contribution >= 4 is 17.3 Å². The van der Waals surface area contributed by atoms with Gasteiger partial charge in [0.05, 0.1) is 11.6 Å². The lowest BCUT2D eigenvalue weighted by atomic mass is 9.72. The largest absolute Gasteiger partial charge is 0.372 e. The van der Waals surface area contributed by atoms with E-state index in [2.05, 4.69) is 62.1 Å². The zero-order valence-corrected chi connectivity index (χ0v) is 18.4. The molecule has 0 bridgehead atoms. The number of hydrogen-bond acceptors (Lipinski definition) is 4. The number of carbonyl (C=O) groups is 1. The van der Waals surface area contributed by atoms with Gasteiger partial charge in [0.1, 0.15) is 0 Å². The number of benzene rings is 2. The molecule has 2 saturated heterocycles. The molecule has 0 aliphatic carbocycles. The summed E-state index contributed by atoms with van der Waals surface area (Å²) in [4.78, 5) is 16.1. The van der Waals surface area contributed by atoms with E-state index in [-0.39, 0.29) is 5.91 Å². The molecule has 1 amide bonds. The average molecular weight is 430 g/mol. The van der Waals surface area contributed by atoms with Crippen molar-refractivity contribution in [1.29, 1.82) is 0 Å². The molecule has 32 heavy (non-hydrogen) atoms. The number of amides is 1. The van der Waals surface area contributed by atoms with Gasteiger partial charge in [-0.2, -0.15) is 5.10 Å². The van der Waals surface area contributed by atoms with Crippen LogP contribution in [0.2, 0.25) is 0 Å². The second-order valence-corrected chi connectivity index (χ2v) is 8.95. The van der Waals surface area contributed by atoms with Crippen LogP contribution in [0.5, 0.6) is 0 Å². The van der Waals surface area contributed by atoms with Gasteiger partial charge in [-0.25, -0.2) is 0 Å². The lowest BCUT2D eigenvalue weighted by Gasteiger charge is -2.37. The number of piperidine rings is 2. The summed E-state index contributed by atoms with van der Waals surface area (Å²) in [6.07, 6.45) is 9.12. The van der Waals surface area contributed by atoms with E-state index in [9.17, 15) is 4.79 Å². The Morgan fingerprint density at radius 1 is 0.906 bits per heavy atom. The number of hydrogen-bond donors (Lipinski definition) is 3. The van der Waals surface area contributed by atoms with Gasteiger partial charge in [-0.3, -0.25) is 9.89 Å². The van der Waals surface area contributed by atoms with Crippen molar-refractivity contribution in [2.45, 2.75) is 37.5 Å². The summed E-state index contributed by atoms with van der Waals surface area (Å²) in [7, 11) is 0. The number of rotatable bonds is 5. The predicted octanol–water partition coefficient (Wildman–Crippen LogP) is 4.33. The molecule has 6 heteroatoms. The van der Waals surface area contributed by atoms with Crippen LogP contribution < -0.4 is 15.5 Å². The molecule has 0 unspecified atom stereocenters. The van der Waals surface area contributed by atoms with Crippen molar-refractivity contribution in [3.8, 4) is 11.1 Å². The maximum absolute atomic E-state index is 13.6. The first-order valence-electron chi connectivity index (χ1n) is 11.7. The van der Waals surface area contributed by atoms with Crippen LogP contribution in [0.25, 0.3) is 11.1 Å². The SMILES string of the molecule is O=C(Nc1ccc(N2CCCCC2)cc1)C1(c2ccc(-c3cn[nH]c3)cc2)CCNCC1. The minimum Gasteiger partial charge on any atom is -0.372 e. The van der Waals surface area contributed by atoms with Crippen LogP contribution in [-0.4, -0.2) is 42.3 Å². The van der Waals surface area contributed by atoms with Crippen LogP contribution in [0.4, 0.5) is 11.4 Å². The normalized spacial score (nSPS) is 18.3. The molecular formula is C26H31N5O. The Bertz CT molecular complexity index is 1020. The molecule has 3 heterocycles. The second-order valence-electron chi connectivity index (χ2n) is 8.95. The molecule has 3 aromatic rings. The minimum atomic E-state index is -0.522. The second kappa shape index (κ2) is 9.17. The predicted molar refractivity (Wildman–Crippen MR) is 129 cm³/mol. The van der Waals surface area contributed by atoms with Crippen molar-refractivity contribution in [3.63, 3.8) is 0 Å². The van der Waals surface area contributed by atoms with Gasteiger partial charge < -0.3 is 15.5 Å². The molecule has 2 fully saturated rings. The fraction of sp³-hybridized carbons (Fsp3) is 0.385. The summed E-state index contributed by atoms with van der Waals surface area (Å²) in [6.45, 7) is 3.92. The topological polar surface area (TPSA) is 73.0 Å². The van der Waals surface area contributed by atoms with Crippen molar-refractivity contribution < 1.29 is 4.79 Å². The third kappa shape index (κ3) is 4.15. The number of nitrogens with one attached hydrogen (secondary N) is 3. The fourth-order valence-electron chi connectivity index (χ4n) is 5.05. The van der Waals surface area contributed by atoms with Crippen molar-refractivity contribution in [2.75, 3.05) is 36.4 Å². The van der Waals surface area contributed by atoms with Crippen LogP contribution in [0.15, 0.2) is 60.9 Å². The number of carbonyl (C=O) groups excluding carboxylic acids is 1. The Morgan fingerprint density at radius 3 is 2.28 bits per heavy atom. The monoisotopic (exact) mass is 429 g/mol. The zero-order chi connectivity index (χ0) is 21.8. The molecule has 3 N–H and O–H groups in total. The highest BCUT2D eigenvalue weighted by atomic mass is 16.2. The third-order valence-corrected chi connectivity index (χ3v) is 7.01. The van der Waals surface area contributed by atoms with Gasteiger partial charge >= 0.3 is 0 Å². The highest BCUT2D eigenvalue weighted by Crippen LogP contribution is 2.36. The standard InChI is InChI=1S/C26H31N5O/c32-25(30-23-8-10-24(11-9-23)31-16-2-1-3-17-31)26(12-14-27-15-13-26)22-6-4-20(5-7-22)21-18-28-29-19-21/h4-11,18-19,27H,1-3,12-17H2,(H,28,29)(H,30,32).